The Labute approximate surface area is 86.6 Å². The number of nitro benzene ring substituents is 1. The van der Waals surface area contributed by atoms with Gasteiger partial charge in [-0.3, -0.25) is 10.1 Å². The Hall–Kier alpha value is -1.63. The van der Waals surface area contributed by atoms with E-state index >= 15 is 0 Å². The smallest absolute Gasteiger partial charge is 0.293 e. The van der Waals surface area contributed by atoms with E-state index in [1.807, 2.05) is 0 Å². The van der Waals surface area contributed by atoms with E-state index in [-0.39, 0.29) is 15.7 Å². The predicted octanol–water partition coefficient (Wildman–Crippen LogP) is 0.303. The number of nitrogens with zero attached hydrogens (tertiary/aromatic N) is 1. The van der Waals surface area contributed by atoms with Crippen LogP contribution in [0.25, 0.3) is 0 Å². The van der Waals surface area contributed by atoms with Crippen LogP contribution < -0.4 is 10.8 Å². The van der Waals surface area contributed by atoms with Crippen molar-refractivity contribution in [1.29, 1.82) is 0 Å². The number of hydrogen-bond donors (Lipinski definition) is 1. The fourth-order valence-corrected chi connectivity index (χ4v) is 1.32. The lowest BCUT2D eigenvalue weighted by molar-refractivity contribution is -0.384. The van der Waals surface area contributed by atoms with Gasteiger partial charge in [-0.05, 0) is 22.0 Å². The molecule has 14 heavy (non-hydrogen) atoms. The molecule has 6 nitrogen and oxygen atoms in total. The summed E-state index contributed by atoms with van der Waals surface area (Å²) in [5.74, 6) is -1.49. The van der Waals surface area contributed by atoms with E-state index in [1.165, 1.54) is 0 Å². The number of carboxylic acids is 1. The van der Waals surface area contributed by atoms with Crippen LogP contribution >= 0.6 is 15.9 Å². The monoisotopic (exact) mass is 259 g/mol. The van der Waals surface area contributed by atoms with Gasteiger partial charge in [0.1, 0.15) is 5.69 Å². The summed E-state index contributed by atoms with van der Waals surface area (Å²) in [6.07, 6.45) is 0. The maximum Gasteiger partial charge on any atom is 0.293 e. The molecule has 0 heterocycles. The van der Waals surface area contributed by atoms with Gasteiger partial charge >= 0.3 is 0 Å². The minimum atomic E-state index is -1.49. The Bertz CT molecular complexity index is 418. The number of halogens is 1. The zero-order chi connectivity index (χ0) is 10.9. The first-order valence-corrected chi connectivity index (χ1v) is 4.17. The highest BCUT2D eigenvalue weighted by Crippen LogP contribution is 2.30. The van der Waals surface area contributed by atoms with Crippen molar-refractivity contribution < 1.29 is 14.8 Å². The third kappa shape index (κ3) is 1.82. The third-order valence-corrected chi connectivity index (χ3v) is 2.20. The summed E-state index contributed by atoms with van der Waals surface area (Å²) in [7, 11) is 0. The molecule has 1 rings (SSSR count). The maximum absolute atomic E-state index is 10.4. The number of aromatic carboxylic acids is 1. The lowest BCUT2D eigenvalue weighted by Gasteiger charge is -2.05. The summed E-state index contributed by atoms with van der Waals surface area (Å²) >= 11 is 2.91. The van der Waals surface area contributed by atoms with Crippen molar-refractivity contribution in [2.45, 2.75) is 0 Å². The molecule has 0 aliphatic rings. The van der Waals surface area contributed by atoms with E-state index in [2.05, 4.69) is 15.9 Å². The van der Waals surface area contributed by atoms with Crippen molar-refractivity contribution in [1.82, 2.24) is 0 Å². The fourth-order valence-electron chi connectivity index (χ4n) is 0.872. The zero-order valence-corrected chi connectivity index (χ0v) is 8.28. The van der Waals surface area contributed by atoms with Gasteiger partial charge in [-0.2, -0.15) is 0 Å². The number of benzene rings is 1. The molecule has 0 unspecified atom stereocenters. The first-order valence-electron chi connectivity index (χ1n) is 3.38. The molecule has 0 aliphatic heterocycles. The number of nitro groups is 1. The standard InChI is InChI=1S/C7H5BrN2O4/c8-4-1-3(7(11)12)2-5(6(4)9)10(13)14/h1-2H,9H2,(H,11,12)/p-1. The van der Waals surface area contributed by atoms with Gasteiger partial charge in [-0.1, -0.05) is 0 Å². The molecule has 1 aromatic rings. The number of anilines is 1. The summed E-state index contributed by atoms with van der Waals surface area (Å²) in [4.78, 5) is 20.1. The van der Waals surface area contributed by atoms with E-state index < -0.39 is 16.6 Å². The first kappa shape index (κ1) is 10.5. The van der Waals surface area contributed by atoms with Crippen LogP contribution in [-0.2, 0) is 0 Å². The largest absolute Gasteiger partial charge is 0.545 e. The Kier molecular flexibility index (Phi) is 2.70. The SMILES string of the molecule is Nc1c(Br)cc(C(=O)[O-])cc1[N+](=O)[O-]. The van der Waals surface area contributed by atoms with Gasteiger partial charge in [0, 0.05) is 16.1 Å². The van der Waals surface area contributed by atoms with Crippen molar-refractivity contribution in [3.8, 4) is 0 Å². The van der Waals surface area contributed by atoms with Crippen LogP contribution in [0.2, 0.25) is 0 Å². The molecule has 0 saturated heterocycles. The van der Waals surface area contributed by atoms with Crippen LogP contribution in [0.15, 0.2) is 16.6 Å². The van der Waals surface area contributed by atoms with Crippen LogP contribution in [0.1, 0.15) is 10.4 Å². The van der Waals surface area contributed by atoms with Crippen molar-refractivity contribution in [3.63, 3.8) is 0 Å². The van der Waals surface area contributed by atoms with E-state index in [4.69, 9.17) is 5.73 Å². The summed E-state index contributed by atoms with van der Waals surface area (Å²) < 4.78 is 0.158. The molecule has 0 bridgehead atoms. The third-order valence-electron chi connectivity index (χ3n) is 1.54. The van der Waals surface area contributed by atoms with Gasteiger partial charge in [-0.25, -0.2) is 0 Å². The number of nitrogens with two attached hydrogens (primary N) is 1. The number of hydrogen-bond acceptors (Lipinski definition) is 5. The summed E-state index contributed by atoms with van der Waals surface area (Å²) in [5.41, 5.74) is 4.49. The molecule has 74 valence electrons. The van der Waals surface area contributed by atoms with Gasteiger partial charge in [0.15, 0.2) is 0 Å². The maximum atomic E-state index is 10.4. The van der Waals surface area contributed by atoms with Crippen LogP contribution in [0.5, 0.6) is 0 Å². The molecule has 7 heteroatoms. The minimum Gasteiger partial charge on any atom is -0.545 e. The van der Waals surface area contributed by atoms with E-state index in [0.29, 0.717) is 0 Å². The predicted molar refractivity (Wildman–Crippen MR) is 49.5 cm³/mol. The Balaban J connectivity index is 3.43. The molecule has 2 N–H and O–H groups in total. The molecule has 0 saturated carbocycles. The molecule has 1 aromatic carbocycles. The number of carbonyl (C=O) groups excluding carboxylic acids is 1. The fraction of sp³-hybridized carbons (Fsp3) is 0. The average molecular weight is 260 g/mol. The molecule has 0 amide bonds. The van der Waals surface area contributed by atoms with Gasteiger partial charge in [0.25, 0.3) is 5.69 Å². The highest BCUT2D eigenvalue weighted by Gasteiger charge is 2.15. The Morgan fingerprint density at radius 2 is 2.07 bits per heavy atom. The quantitative estimate of drug-likeness (QED) is 0.467. The van der Waals surface area contributed by atoms with Crippen molar-refractivity contribution in [2.75, 3.05) is 5.73 Å². The Morgan fingerprint density at radius 3 is 2.50 bits per heavy atom. The van der Waals surface area contributed by atoms with Crippen LogP contribution in [0.4, 0.5) is 11.4 Å². The van der Waals surface area contributed by atoms with Gasteiger partial charge in [0.2, 0.25) is 0 Å². The topological polar surface area (TPSA) is 109 Å². The van der Waals surface area contributed by atoms with E-state index in [1.54, 1.807) is 0 Å². The number of carboxylic acid groups (broad SMARTS) is 1. The summed E-state index contributed by atoms with van der Waals surface area (Å²) in [6.45, 7) is 0. The van der Waals surface area contributed by atoms with Gasteiger partial charge in [0.05, 0.1) is 10.9 Å². The van der Waals surface area contributed by atoms with Crippen LogP contribution in [0.3, 0.4) is 0 Å². The number of rotatable bonds is 2. The molecular formula is C7H4BrN2O4-. The highest BCUT2D eigenvalue weighted by atomic mass is 79.9. The Morgan fingerprint density at radius 1 is 1.50 bits per heavy atom. The number of carbonyl (C=O) groups is 1. The van der Waals surface area contributed by atoms with Gasteiger partial charge in [-0.15, -0.1) is 0 Å². The normalized spacial score (nSPS) is 9.79. The second-order valence-corrected chi connectivity index (χ2v) is 3.29. The number of nitrogen functional groups attached to an aromatic ring is 1. The zero-order valence-electron chi connectivity index (χ0n) is 6.69. The highest BCUT2D eigenvalue weighted by molar-refractivity contribution is 9.10. The first-order chi connectivity index (χ1) is 6.43. The molecule has 0 fully saturated rings. The lowest BCUT2D eigenvalue weighted by atomic mass is 10.2. The second kappa shape index (κ2) is 3.62. The van der Waals surface area contributed by atoms with Crippen molar-refractivity contribution >= 4 is 33.3 Å². The molecule has 0 radical (unpaired) electrons. The summed E-state index contributed by atoms with van der Waals surface area (Å²) in [5, 5.41) is 20.9. The average Bonchev–Trinajstić information content (AvgIpc) is 2.08. The molecular weight excluding hydrogens is 256 g/mol. The molecule has 0 aliphatic carbocycles. The van der Waals surface area contributed by atoms with Crippen molar-refractivity contribution in [3.05, 3.63) is 32.3 Å². The molecule has 0 atom stereocenters. The second-order valence-electron chi connectivity index (χ2n) is 2.44. The minimum absolute atomic E-state index is 0.111. The lowest BCUT2D eigenvalue weighted by Crippen LogP contribution is -2.22. The van der Waals surface area contributed by atoms with Crippen LogP contribution in [0, 0.1) is 10.1 Å². The van der Waals surface area contributed by atoms with E-state index in [9.17, 15) is 20.0 Å². The van der Waals surface area contributed by atoms with Crippen molar-refractivity contribution in [2.24, 2.45) is 0 Å². The molecule has 0 spiro atoms. The van der Waals surface area contributed by atoms with Gasteiger partial charge < -0.3 is 15.6 Å². The summed E-state index contributed by atoms with van der Waals surface area (Å²) in [6, 6.07) is 2.01. The van der Waals surface area contributed by atoms with E-state index in [0.717, 1.165) is 12.1 Å². The molecule has 0 aromatic heterocycles. The van der Waals surface area contributed by atoms with Crippen LogP contribution in [-0.4, -0.2) is 10.9 Å².